The molecule has 1 heterocycles. The molecule has 120 valence electrons. The number of carbonyl (C=O) groups is 1. The molecule has 1 aliphatic heterocycles. The number of halogens is 2. The van der Waals surface area contributed by atoms with Crippen molar-refractivity contribution in [2.45, 2.75) is 38.6 Å². The highest BCUT2D eigenvalue weighted by Gasteiger charge is 2.58. The predicted molar refractivity (Wildman–Crippen MR) is 80.2 cm³/mol. The molecule has 1 aliphatic carbocycles. The number of rotatable bonds is 3. The molecule has 2 N–H and O–H groups in total. The lowest BCUT2D eigenvalue weighted by atomic mass is 9.90. The van der Waals surface area contributed by atoms with Crippen molar-refractivity contribution in [2.24, 2.45) is 11.3 Å². The fourth-order valence-electron chi connectivity index (χ4n) is 3.55. The van der Waals surface area contributed by atoms with E-state index >= 15 is 0 Å². The Hall–Kier alpha value is -1.49. The number of hydrogen-bond donors (Lipinski definition) is 2. The first-order valence-corrected chi connectivity index (χ1v) is 7.82. The molecule has 0 bridgehead atoms. The van der Waals surface area contributed by atoms with E-state index in [1.807, 2.05) is 13.8 Å². The minimum absolute atomic E-state index is 0.0247. The van der Waals surface area contributed by atoms with Gasteiger partial charge in [-0.05, 0) is 69.3 Å². The number of nitrogens with one attached hydrogen (secondary N) is 2. The largest absolute Gasteiger partial charge is 0.347 e. The number of piperidine rings is 1. The van der Waals surface area contributed by atoms with E-state index in [1.54, 1.807) is 0 Å². The Bertz CT molecular complexity index is 594. The average Bonchev–Trinajstić information content (AvgIpc) is 3.15. The summed E-state index contributed by atoms with van der Waals surface area (Å²) in [6.45, 7) is 5.57. The summed E-state index contributed by atoms with van der Waals surface area (Å²) in [5, 5.41) is 6.32. The quantitative estimate of drug-likeness (QED) is 0.901. The van der Waals surface area contributed by atoms with Crippen LogP contribution < -0.4 is 10.6 Å². The topological polar surface area (TPSA) is 41.1 Å². The molecular weight excluding hydrogens is 286 g/mol. The van der Waals surface area contributed by atoms with E-state index in [0.29, 0.717) is 5.56 Å². The Labute approximate surface area is 129 Å². The van der Waals surface area contributed by atoms with Gasteiger partial charge in [-0.25, -0.2) is 8.78 Å². The minimum Gasteiger partial charge on any atom is -0.347 e. The standard InChI is InChI=1S/C17H22F2N2O/c1-16(2,11-3-4-13(18)14(19)9-11)21-15(22)12-10-17(12)5-7-20-8-6-17/h3-4,9,12,20H,5-8,10H2,1-2H3,(H,21,22). The van der Waals surface area contributed by atoms with Gasteiger partial charge in [-0.1, -0.05) is 6.07 Å². The van der Waals surface area contributed by atoms with Crippen LogP contribution in [0.5, 0.6) is 0 Å². The summed E-state index contributed by atoms with van der Waals surface area (Å²) in [6, 6.07) is 3.78. The van der Waals surface area contributed by atoms with Crippen LogP contribution in [0, 0.1) is 23.0 Å². The monoisotopic (exact) mass is 308 g/mol. The van der Waals surface area contributed by atoms with Crippen molar-refractivity contribution in [1.29, 1.82) is 0 Å². The summed E-state index contributed by atoms with van der Waals surface area (Å²) < 4.78 is 26.5. The Kier molecular flexibility index (Phi) is 3.71. The van der Waals surface area contributed by atoms with Gasteiger partial charge in [0.2, 0.25) is 5.91 Å². The minimum atomic E-state index is -0.888. The number of amides is 1. The number of hydrogen-bond acceptors (Lipinski definition) is 2. The first kappa shape index (κ1) is 15.4. The van der Waals surface area contributed by atoms with Gasteiger partial charge >= 0.3 is 0 Å². The maximum Gasteiger partial charge on any atom is 0.224 e. The van der Waals surface area contributed by atoms with E-state index in [0.717, 1.165) is 44.5 Å². The summed E-state index contributed by atoms with van der Waals surface area (Å²) in [5.74, 6) is -1.68. The fourth-order valence-corrected chi connectivity index (χ4v) is 3.55. The van der Waals surface area contributed by atoms with Gasteiger partial charge in [0.05, 0.1) is 5.54 Å². The van der Waals surface area contributed by atoms with Crippen molar-refractivity contribution in [3.63, 3.8) is 0 Å². The molecule has 0 radical (unpaired) electrons. The van der Waals surface area contributed by atoms with Gasteiger partial charge in [-0.15, -0.1) is 0 Å². The van der Waals surface area contributed by atoms with Gasteiger partial charge in [0.1, 0.15) is 0 Å². The first-order chi connectivity index (χ1) is 10.3. The molecule has 1 spiro atoms. The van der Waals surface area contributed by atoms with Crippen LogP contribution in [0.25, 0.3) is 0 Å². The zero-order valence-corrected chi connectivity index (χ0v) is 13.0. The summed E-state index contributed by atoms with van der Waals surface area (Å²) in [6.07, 6.45) is 3.02. The molecule has 1 aromatic carbocycles. The zero-order chi connectivity index (χ0) is 16.0. The molecule has 3 nitrogen and oxygen atoms in total. The van der Waals surface area contributed by atoms with Crippen LogP contribution in [0.1, 0.15) is 38.7 Å². The summed E-state index contributed by atoms with van der Waals surface area (Å²) in [7, 11) is 0. The molecule has 3 rings (SSSR count). The normalized spacial score (nSPS) is 23.4. The van der Waals surface area contributed by atoms with E-state index in [4.69, 9.17) is 0 Å². The third-order valence-corrected chi connectivity index (χ3v) is 5.18. The smallest absolute Gasteiger partial charge is 0.224 e. The van der Waals surface area contributed by atoms with E-state index in [2.05, 4.69) is 10.6 Å². The maximum absolute atomic E-state index is 13.4. The molecule has 1 amide bonds. The molecule has 1 aromatic rings. The van der Waals surface area contributed by atoms with Crippen molar-refractivity contribution >= 4 is 5.91 Å². The number of carbonyl (C=O) groups excluding carboxylic acids is 1. The van der Waals surface area contributed by atoms with E-state index in [9.17, 15) is 13.6 Å². The summed E-state index contributed by atoms with van der Waals surface area (Å²) in [4.78, 5) is 12.5. The SMILES string of the molecule is CC(C)(NC(=O)C1CC12CCNCC2)c1ccc(F)c(F)c1. The number of benzene rings is 1. The molecule has 22 heavy (non-hydrogen) atoms. The Balaban J connectivity index is 1.69. The molecule has 1 unspecified atom stereocenters. The Morgan fingerprint density at radius 1 is 1.27 bits per heavy atom. The van der Waals surface area contributed by atoms with Crippen molar-refractivity contribution in [2.75, 3.05) is 13.1 Å². The highest BCUT2D eigenvalue weighted by molar-refractivity contribution is 5.83. The molecule has 0 aromatic heterocycles. The lowest BCUT2D eigenvalue weighted by Gasteiger charge is -2.29. The van der Waals surface area contributed by atoms with Crippen LogP contribution in [0.4, 0.5) is 8.78 Å². The zero-order valence-electron chi connectivity index (χ0n) is 13.0. The van der Waals surface area contributed by atoms with Crippen molar-refractivity contribution in [1.82, 2.24) is 10.6 Å². The van der Waals surface area contributed by atoms with Gasteiger partial charge in [0.15, 0.2) is 11.6 Å². The Morgan fingerprint density at radius 3 is 2.59 bits per heavy atom. The first-order valence-electron chi connectivity index (χ1n) is 7.82. The average molecular weight is 308 g/mol. The predicted octanol–water partition coefficient (Wildman–Crippen LogP) is 2.71. The Morgan fingerprint density at radius 2 is 1.95 bits per heavy atom. The van der Waals surface area contributed by atoms with Crippen LogP contribution in [-0.4, -0.2) is 19.0 Å². The highest BCUT2D eigenvalue weighted by atomic mass is 19.2. The second kappa shape index (κ2) is 5.30. The van der Waals surface area contributed by atoms with E-state index in [1.165, 1.54) is 6.07 Å². The third-order valence-electron chi connectivity index (χ3n) is 5.18. The molecule has 2 aliphatic rings. The third kappa shape index (κ3) is 2.74. The summed E-state index contributed by atoms with van der Waals surface area (Å²) in [5.41, 5.74) is 0.0154. The molecule has 5 heteroatoms. The summed E-state index contributed by atoms with van der Waals surface area (Å²) >= 11 is 0. The molecular formula is C17H22F2N2O. The fraction of sp³-hybridized carbons (Fsp3) is 0.588. The molecule has 1 saturated carbocycles. The van der Waals surface area contributed by atoms with Crippen LogP contribution in [-0.2, 0) is 10.3 Å². The van der Waals surface area contributed by atoms with Crippen molar-refractivity contribution in [3.05, 3.63) is 35.4 Å². The van der Waals surface area contributed by atoms with Crippen LogP contribution in [0.3, 0.4) is 0 Å². The van der Waals surface area contributed by atoms with Crippen molar-refractivity contribution < 1.29 is 13.6 Å². The highest BCUT2D eigenvalue weighted by Crippen LogP contribution is 2.58. The second-order valence-electron chi connectivity index (χ2n) is 7.11. The molecule has 1 atom stereocenters. The maximum atomic E-state index is 13.4. The van der Waals surface area contributed by atoms with Gasteiger partial charge < -0.3 is 10.6 Å². The van der Waals surface area contributed by atoms with Gasteiger partial charge in [0.25, 0.3) is 0 Å². The molecule has 1 saturated heterocycles. The molecule has 2 fully saturated rings. The van der Waals surface area contributed by atoms with Gasteiger partial charge in [-0.2, -0.15) is 0 Å². The van der Waals surface area contributed by atoms with Gasteiger partial charge in [-0.3, -0.25) is 4.79 Å². The van der Waals surface area contributed by atoms with Crippen molar-refractivity contribution in [3.8, 4) is 0 Å². The van der Waals surface area contributed by atoms with Gasteiger partial charge in [0, 0.05) is 5.92 Å². The van der Waals surface area contributed by atoms with Crippen LogP contribution in [0.2, 0.25) is 0 Å². The second-order valence-corrected chi connectivity index (χ2v) is 7.11. The van der Waals surface area contributed by atoms with E-state index in [-0.39, 0.29) is 17.2 Å². The van der Waals surface area contributed by atoms with E-state index < -0.39 is 17.2 Å². The van der Waals surface area contributed by atoms with Crippen LogP contribution in [0.15, 0.2) is 18.2 Å². The lowest BCUT2D eigenvalue weighted by molar-refractivity contribution is -0.125. The lowest BCUT2D eigenvalue weighted by Crippen LogP contribution is -2.43. The van der Waals surface area contributed by atoms with Crippen LogP contribution >= 0.6 is 0 Å².